The van der Waals surface area contributed by atoms with Gasteiger partial charge in [-0.1, -0.05) is 84.5 Å². The first-order chi connectivity index (χ1) is 11.1. The first kappa shape index (κ1) is 26.8. The molecule has 0 amide bonds. The summed E-state index contributed by atoms with van der Waals surface area (Å²) in [5, 5.41) is 0. The molecule has 0 saturated heterocycles. The smallest absolute Gasteiger partial charge is 0.125 e. The van der Waals surface area contributed by atoms with E-state index < -0.39 is 0 Å². The second-order valence-corrected chi connectivity index (χ2v) is 9.01. The highest BCUT2D eigenvalue weighted by molar-refractivity contribution is 7.99. The van der Waals surface area contributed by atoms with Crippen LogP contribution in [0.2, 0.25) is 0 Å². The van der Waals surface area contributed by atoms with Crippen molar-refractivity contribution in [3.05, 3.63) is 0 Å². The van der Waals surface area contributed by atoms with Crippen LogP contribution < -0.4 is 12.4 Å². The van der Waals surface area contributed by atoms with Crippen molar-refractivity contribution in [2.45, 2.75) is 104 Å². The summed E-state index contributed by atoms with van der Waals surface area (Å²) in [5.74, 6) is 2.66. The van der Waals surface area contributed by atoms with Crippen molar-refractivity contribution in [3.8, 4) is 0 Å². The van der Waals surface area contributed by atoms with E-state index in [4.69, 9.17) is 0 Å². The molecule has 0 radical (unpaired) electrons. The zero-order valence-electron chi connectivity index (χ0n) is 17.3. The Hall–Kier alpha value is 0.600. The lowest BCUT2D eigenvalue weighted by Gasteiger charge is -2.29. The van der Waals surface area contributed by atoms with Crippen molar-refractivity contribution in [2.24, 2.45) is 0 Å². The van der Waals surface area contributed by atoms with E-state index >= 15 is 0 Å². The molecule has 0 saturated carbocycles. The number of quaternary nitrogens is 1. The number of hydrogen-bond acceptors (Lipinski definition) is 1. The SMILES string of the molecule is CCCCCCCCCC[N+](C)(C)CSCCCCCCCC.[Cl-]. The molecule has 0 aromatic carbocycles. The maximum atomic E-state index is 2.41. The van der Waals surface area contributed by atoms with Gasteiger partial charge in [0.15, 0.2) is 0 Å². The molecule has 0 spiro atoms. The van der Waals surface area contributed by atoms with E-state index in [2.05, 4.69) is 39.7 Å². The van der Waals surface area contributed by atoms with Gasteiger partial charge in [0.2, 0.25) is 0 Å². The molecule has 0 fully saturated rings. The Morgan fingerprint density at radius 1 is 0.583 bits per heavy atom. The minimum atomic E-state index is 0. The molecule has 0 aliphatic rings. The van der Waals surface area contributed by atoms with E-state index in [0.717, 1.165) is 0 Å². The van der Waals surface area contributed by atoms with Gasteiger partial charge in [-0.25, -0.2) is 0 Å². The van der Waals surface area contributed by atoms with Crippen molar-refractivity contribution in [1.29, 1.82) is 0 Å². The van der Waals surface area contributed by atoms with Crippen LogP contribution in [0.25, 0.3) is 0 Å². The molecule has 0 aromatic rings. The predicted molar refractivity (Wildman–Crippen MR) is 110 cm³/mol. The number of nitrogens with zero attached hydrogens (tertiary/aromatic N) is 1. The zero-order chi connectivity index (χ0) is 17.2. The minimum Gasteiger partial charge on any atom is -1.00 e. The average molecular weight is 380 g/mol. The first-order valence-corrected chi connectivity index (χ1v) is 11.7. The molecule has 0 bridgehead atoms. The van der Waals surface area contributed by atoms with Gasteiger partial charge in [0.25, 0.3) is 0 Å². The van der Waals surface area contributed by atoms with E-state index in [1.54, 1.807) is 0 Å². The van der Waals surface area contributed by atoms with E-state index in [9.17, 15) is 0 Å². The van der Waals surface area contributed by atoms with Crippen LogP contribution in [-0.4, -0.2) is 36.8 Å². The Labute approximate surface area is 164 Å². The number of unbranched alkanes of at least 4 members (excludes halogenated alkanes) is 12. The average Bonchev–Trinajstić information content (AvgIpc) is 2.52. The summed E-state index contributed by atoms with van der Waals surface area (Å²) in [7, 11) is 4.82. The van der Waals surface area contributed by atoms with Crippen LogP contribution in [0.4, 0.5) is 0 Å². The summed E-state index contributed by atoms with van der Waals surface area (Å²) in [4.78, 5) is 0. The van der Waals surface area contributed by atoms with Gasteiger partial charge < -0.3 is 16.9 Å². The van der Waals surface area contributed by atoms with E-state index in [1.807, 2.05) is 0 Å². The molecule has 0 aliphatic carbocycles. The summed E-state index contributed by atoms with van der Waals surface area (Å²) in [6, 6.07) is 0. The van der Waals surface area contributed by atoms with Gasteiger partial charge in [-0.15, -0.1) is 11.8 Å². The van der Waals surface area contributed by atoms with Gasteiger partial charge in [-0.3, -0.25) is 0 Å². The van der Waals surface area contributed by atoms with Gasteiger partial charge in [-0.2, -0.15) is 0 Å². The quantitative estimate of drug-likeness (QED) is 0.195. The molecule has 0 heterocycles. The highest BCUT2D eigenvalue weighted by Gasteiger charge is 2.13. The number of hydrogen-bond donors (Lipinski definition) is 0. The van der Waals surface area contributed by atoms with Crippen LogP contribution in [-0.2, 0) is 0 Å². The molecule has 0 rings (SSSR count). The third-order valence-corrected chi connectivity index (χ3v) is 6.16. The van der Waals surface area contributed by atoms with Crippen LogP contribution in [0, 0.1) is 0 Å². The monoisotopic (exact) mass is 379 g/mol. The fourth-order valence-electron chi connectivity index (χ4n) is 3.03. The highest BCUT2D eigenvalue weighted by Crippen LogP contribution is 2.15. The summed E-state index contributed by atoms with van der Waals surface area (Å²) < 4.78 is 1.20. The highest BCUT2D eigenvalue weighted by atomic mass is 35.5. The summed E-state index contributed by atoms with van der Waals surface area (Å²) in [6.07, 6.45) is 20.0. The van der Waals surface area contributed by atoms with Crippen molar-refractivity contribution in [1.82, 2.24) is 0 Å². The Morgan fingerprint density at radius 2 is 1.00 bits per heavy atom. The van der Waals surface area contributed by atoms with Crippen LogP contribution in [0.15, 0.2) is 0 Å². The minimum absolute atomic E-state index is 0. The van der Waals surface area contributed by atoms with Crippen LogP contribution in [0.1, 0.15) is 104 Å². The Bertz CT molecular complexity index is 212. The van der Waals surface area contributed by atoms with E-state index in [1.165, 1.54) is 113 Å². The fraction of sp³-hybridized carbons (Fsp3) is 1.00. The molecule has 0 aliphatic heterocycles. The first-order valence-electron chi connectivity index (χ1n) is 10.5. The second kappa shape index (κ2) is 19.9. The fourth-order valence-corrected chi connectivity index (χ4v) is 4.20. The van der Waals surface area contributed by atoms with Gasteiger partial charge in [0.05, 0.1) is 20.6 Å². The van der Waals surface area contributed by atoms with Crippen molar-refractivity contribution < 1.29 is 16.9 Å². The second-order valence-electron chi connectivity index (χ2n) is 7.94. The third-order valence-electron chi connectivity index (χ3n) is 4.70. The Balaban J connectivity index is 0. The standard InChI is InChI=1S/C21H46NS.ClH/c1-5-7-9-11-13-14-15-17-19-22(3,4)21-23-20-18-16-12-10-8-6-2;/h5-21H2,1-4H3;1H/q+1;/p-1. The lowest BCUT2D eigenvalue weighted by atomic mass is 10.1. The Morgan fingerprint density at radius 3 is 1.50 bits per heavy atom. The molecule has 24 heavy (non-hydrogen) atoms. The topological polar surface area (TPSA) is 0 Å². The van der Waals surface area contributed by atoms with Crippen molar-refractivity contribution in [3.63, 3.8) is 0 Å². The van der Waals surface area contributed by atoms with E-state index in [-0.39, 0.29) is 12.4 Å². The van der Waals surface area contributed by atoms with Crippen LogP contribution >= 0.6 is 11.8 Å². The molecule has 0 atom stereocenters. The summed E-state index contributed by atoms with van der Waals surface area (Å²) >= 11 is 2.17. The predicted octanol–water partition coefficient (Wildman–Crippen LogP) is 4.26. The lowest BCUT2D eigenvalue weighted by Crippen LogP contribution is -3.00. The summed E-state index contributed by atoms with van der Waals surface area (Å²) in [6.45, 7) is 5.95. The number of rotatable bonds is 18. The number of halogens is 1. The van der Waals surface area contributed by atoms with E-state index in [0.29, 0.717) is 0 Å². The van der Waals surface area contributed by atoms with Gasteiger partial charge in [0, 0.05) is 0 Å². The van der Waals surface area contributed by atoms with Crippen LogP contribution in [0.5, 0.6) is 0 Å². The summed E-state index contributed by atoms with van der Waals surface area (Å²) in [5.41, 5.74) is 0. The molecular weight excluding hydrogens is 334 g/mol. The molecule has 1 nitrogen and oxygen atoms in total. The van der Waals surface area contributed by atoms with Gasteiger partial charge in [-0.05, 0) is 25.0 Å². The van der Waals surface area contributed by atoms with Crippen LogP contribution in [0.3, 0.4) is 0 Å². The zero-order valence-corrected chi connectivity index (χ0v) is 18.8. The molecule has 3 heteroatoms. The Kier molecular flexibility index (Phi) is 22.3. The molecule has 148 valence electrons. The van der Waals surface area contributed by atoms with Crippen molar-refractivity contribution >= 4 is 11.8 Å². The molecule has 0 aromatic heterocycles. The lowest BCUT2D eigenvalue weighted by molar-refractivity contribution is -0.877. The molecular formula is C21H46ClNS. The van der Waals surface area contributed by atoms with Gasteiger partial charge >= 0.3 is 0 Å². The maximum Gasteiger partial charge on any atom is 0.125 e. The normalized spacial score (nSPS) is 11.5. The number of thioether (sulfide) groups is 1. The maximum absolute atomic E-state index is 2.41. The van der Waals surface area contributed by atoms with Gasteiger partial charge in [0.1, 0.15) is 5.88 Å². The molecule has 0 N–H and O–H groups in total. The van der Waals surface area contributed by atoms with Crippen molar-refractivity contribution in [2.75, 3.05) is 32.3 Å². The largest absolute Gasteiger partial charge is 1.00 e. The third kappa shape index (κ3) is 20.6. The molecule has 0 unspecified atom stereocenters.